The average molecular weight is 648 g/mol. The number of carbonyl (C=O) groups is 2. The first-order chi connectivity index (χ1) is 21.7. The van der Waals surface area contributed by atoms with E-state index in [2.05, 4.69) is 24.9 Å². The molecule has 270 valence electrons. The first-order valence-electron chi connectivity index (χ1n) is 18.8. The molecule has 0 aliphatic carbocycles. The minimum atomic E-state index is -2.28. The first-order valence-corrected chi connectivity index (χ1v) is 18.8. The van der Waals surface area contributed by atoms with Gasteiger partial charge in [0.15, 0.2) is 12.2 Å². The van der Waals surface area contributed by atoms with Gasteiger partial charge in [-0.1, -0.05) is 162 Å². The number of carboxylic acids is 1. The lowest BCUT2D eigenvalue weighted by molar-refractivity contribution is -0.368. The summed E-state index contributed by atoms with van der Waals surface area (Å²) in [4.78, 5) is 22.3. The van der Waals surface area contributed by atoms with Crippen LogP contribution in [0.15, 0.2) is 0 Å². The molecule has 0 unspecified atom stereocenters. The highest BCUT2D eigenvalue weighted by Gasteiger charge is 2.37. The van der Waals surface area contributed by atoms with E-state index in [1.807, 2.05) is 0 Å². The molecule has 9 N–H and O–H groups in total. The summed E-state index contributed by atoms with van der Waals surface area (Å²) < 4.78 is 0. The quantitative estimate of drug-likeness (QED) is 0.0436. The number of rotatable bonds is 32. The number of nitrogens with one attached hydrogen (secondary N) is 1. The van der Waals surface area contributed by atoms with Crippen LogP contribution in [-0.4, -0.2) is 74.9 Å². The molecule has 1 amide bonds. The fourth-order valence-electron chi connectivity index (χ4n) is 5.33. The number of quaternary nitrogens is 1. The van der Waals surface area contributed by atoms with Gasteiger partial charge in [0.1, 0.15) is 12.2 Å². The van der Waals surface area contributed by atoms with Crippen LogP contribution in [0.2, 0.25) is 0 Å². The molecule has 0 fully saturated rings. The van der Waals surface area contributed by atoms with Crippen molar-refractivity contribution in [2.75, 3.05) is 13.1 Å². The van der Waals surface area contributed by atoms with Gasteiger partial charge in [-0.15, -0.1) is 0 Å². The van der Waals surface area contributed by atoms with Crippen LogP contribution >= 0.6 is 0 Å². The Morgan fingerprint density at radius 3 is 1.09 bits per heavy atom. The van der Waals surface area contributed by atoms with Crippen molar-refractivity contribution in [1.29, 1.82) is 0 Å². The third kappa shape index (κ3) is 31.1. The Hall–Kier alpha value is -1.26. The van der Waals surface area contributed by atoms with Gasteiger partial charge in [0, 0.05) is 6.54 Å². The third-order valence-electron chi connectivity index (χ3n) is 8.45. The number of hydrogen-bond acceptors (Lipinski definition) is 6. The molecular weight excluding hydrogens is 572 g/mol. The molecule has 0 aliphatic heterocycles. The monoisotopic (exact) mass is 648 g/mol. The summed E-state index contributed by atoms with van der Waals surface area (Å²) in [6, 6.07) is 0. The largest absolute Gasteiger partial charge is 0.479 e. The predicted molar refractivity (Wildman–Crippen MR) is 184 cm³/mol. The lowest BCUT2D eigenvalue weighted by Crippen LogP contribution is -2.52. The molecule has 0 aliphatic rings. The van der Waals surface area contributed by atoms with Crippen molar-refractivity contribution >= 4 is 11.9 Å². The lowest BCUT2D eigenvalue weighted by atomic mass is 10.0. The van der Waals surface area contributed by atoms with E-state index in [1.165, 1.54) is 141 Å². The number of hydrogen-bond donors (Lipinski definition) is 7. The summed E-state index contributed by atoms with van der Waals surface area (Å²) >= 11 is 0. The molecule has 0 rings (SSSR count). The predicted octanol–water partition coefficient (Wildman–Crippen LogP) is 6.04. The number of aliphatic hydroxyl groups is 4. The van der Waals surface area contributed by atoms with Crippen molar-refractivity contribution in [3.8, 4) is 0 Å². The highest BCUT2D eigenvalue weighted by molar-refractivity contribution is 5.81. The van der Waals surface area contributed by atoms with Crippen molar-refractivity contribution in [2.24, 2.45) is 0 Å². The van der Waals surface area contributed by atoms with Crippen LogP contribution in [0.25, 0.3) is 0 Å². The highest BCUT2D eigenvalue weighted by Crippen LogP contribution is 2.13. The molecule has 45 heavy (non-hydrogen) atoms. The van der Waals surface area contributed by atoms with Crippen LogP contribution in [-0.2, 0) is 9.59 Å². The van der Waals surface area contributed by atoms with E-state index in [9.17, 15) is 24.9 Å². The van der Waals surface area contributed by atoms with Crippen molar-refractivity contribution in [3.05, 3.63) is 0 Å². The zero-order valence-electron chi connectivity index (χ0n) is 29.4. The second-order valence-electron chi connectivity index (χ2n) is 12.8. The molecule has 4 atom stereocenters. The molecule has 0 aromatic rings. The Labute approximate surface area is 276 Å². The van der Waals surface area contributed by atoms with E-state index >= 15 is 0 Å². The number of aliphatic hydroxyl groups excluding tert-OH is 4. The van der Waals surface area contributed by atoms with Gasteiger partial charge in [-0.2, -0.15) is 0 Å². The molecule has 0 bridgehead atoms. The second kappa shape index (κ2) is 35.6. The minimum Gasteiger partial charge on any atom is -0.479 e. The van der Waals surface area contributed by atoms with Crippen molar-refractivity contribution < 1.29 is 40.9 Å². The molecule has 0 aromatic carbocycles. The zero-order valence-corrected chi connectivity index (χ0v) is 29.4. The molecule has 0 heterocycles. The average Bonchev–Trinajstić information content (AvgIpc) is 3.04. The van der Waals surface area contributed by atoms with Gasteiger partial charge in [-0.25, -0.2) is 4.79 Å². The van der Waals surface area contributed by atoms with Crippen LogP contribution in [0.1, 0.15) is 181 Å². The Kier molecular flexibility index (Phi) is 36.3. The normalized spacial score (nSPS) is 13.8. The number of carboxylic acid groups (broad SMARTS) is 1. The maximum absolute atomic E-state index is 11.7. The smallest absolute Gasteiger partial charge is 0.335 e. The van der Waals surface area contributed by atoms with Gasteiger partial charge in [0.2, 0.25) is 0 Å². The summed E-state index contributed by atoms with van der Waals surface area (Å²) in [5.74, 6) is -2.66. The van der Waals surface area contributed by atoms with Crippen LogP contribution in [0.3, 0.4) is 0 Å². The van der Waals surface area contributed by atoms with E-state index < -0.39 is 36.3 Å². The third-order valence-corrected chi connectivity index (χ3v) is 8.45. The zero-order chi connectivity index (χ0) is 34.0. The minimum absolute atomic E-state index is 0.317. The van der Waals surface area contributed by atoms with E-state index in [4.69, 9.17) is 10.2 Å². The van der Waals surface area contributed by atoms with Crippen molar-refractivity contribution in [1.82, 2.24) is 5.32 Å². The van der Waals surface area contributed by atoms with Crippen LogP contribution in [0.4, 0.5) is 0 Å². The maximum Gasteiger partial charge on any atom is 0.335 e. The van der Waals surface area contributed by atoms with Gasteiger partial charge in [-0.05, 0) is 19.3 Å². The summed E-state index contributed by atoms with van der Waals surface area (Å²) in [5.41, 5.74) is 3.87. The summed E-state index contributed by atoms with van der Waals surface area (Å²) in [6.45, 7) is 5.95. The SMILES string of the molecule is CCCCCCCCCCCCCCCNC(=O)[C@@H](O)[C@H](O)[C@@H](O)[C@@H](O)C(=O)O.CCCCCCCCCCCCCCC[NH3+]. The summed E-state index contributed by atoms with van der Waals surface area (Å²) in [6.07, 6.45) is 25.8. The van der Waals surface area contributed by atoms with Crippen LogP contribution in [0.5, 0.6) is 0 Å². The lowest BCUT2D eigenvalue weighted by Gasteiger charge is -2.23. The molecule has 0 saturated heterocycles. The summed E-state index contributed by atoms with van der Waals surface area (Å²) in [7, 11) is 0. The maximum atomic E-state index is 11.7. The number of carbonyl (C=O) groups excluding carboxylic acids is 1. The molecular formula is C36H75N2O7+. The number of amides is 1. The molecule has 0 saturated carbocycles. The van der Waals surface area contributed by atoms with Gasteiger partial charge >= 0.3 is 5.97 Å². The van der Waals surface area contributed by atoms with Crippen molar-refractivity contribution in [3.63, 3.8) is 0 Å². The van der Waals surface area contributed by atoms with E-state index in [0.29, 0.717) is 6.54 Å². The van der Waals surface area contributed by atoms with E-state index in [0.717, 1.165) is 32.2 Å². The van der Waals surface area contributed by atoms with E-state index in [-0.39, 0.29) is 0 Å². The topological polar surface area (TPSA) is 175 Å². The molecule has 9 heteroatoms. The van der Waals surface area contributed by atoms with Gasteiger partial charge in [0.25, 0.3) is 5.91 Å². The second-order valence-corrected chi connectivity index (χ2v) is 12.8. The molecule has 0 spiro atoms. The first kappa shape index (κ1) is 45.9. The van der Waals surface area contributed by atoms with Gasteiger partial charge in [-0.3, -0.25) is 4.79 Å². The molecule has 9 nitrogen and oxygen atoms in total. The van der Waals surface area contributed by atoms with E-state index in [1.54, 1.807) is 0 Å². The van der Waals surface area contributed by atoms with Gasteiger partial charge < -0.3 is 36.6 Å². The van der Waals surface area contributed by atoms with Crippen LogP contribution in [0, 0.1) is 0 Å². The van der Waals surface area contributed by atoms with Gasteiger partial charge in [0.05, 0.1) is 6.54 Å². The van der Waals surface area contributed by atoms with Crippen molar-refractivity contribution in [2.45, 2.75) is 205 Å². The standard InChI is InChI=1S/C21H41NO7.C15H33N/c1-2-3-4-5-6-7-8-9-10-11-12-13-14-15-22-20(27)18(25)16(23)17(24)19(26)21(28)29;1-2-3-4-5-6-7-8-9-10-11-12-13-14-15-16/h16-19,23-26H,2-15H2,1H3,(H,22,27)(H,28,29);2-16H2,1H3/p+1/t16-,17-,18+,19-;/m1./s1. The Bertz CT molecular complexity index is 625. The molecule has 0 aromatic heterocycles. The van der Waals surface area contributed by atoms with Crippen LogP contribution < -0.4 is 11.1 Å². The fourth-order valence-corrected chi connectivity index (χ4v) is 5.33. The molecule has 0 radical (unpaired) electrons. The Balaban J connectivity index is 0. The summed E-state index contributed by atoms with van der Waals surface area (Å²) in [5, 5.41) is 48.9. The fraction of sp³-hybridized carbons (Fsp3) is 0.944. The Morgan fingerprint density at radius 1 is 0.489 bits per heavy atom. The Morgan fingerprint density at radius 2 is 0.778 bits per heavy atom. The highest BCUT2D eigenvalue weighted by atomic mass is 16.4. The number of aliphatic carboxylic acids is 1. The number of unbranched alkanes of at least 4 members (excludes halogenated alkanes) is 24.